The Labute approximate surface area is 225 Å². The van der Waals surface area contributed by atoms with E-state index in [-0.39, 0.29) is 17.9 Å². The van der Waals surface area contributed by atoms with Crippen molar-refractivity contribution in [3.05, 3.63) is 118 Å². The Bertz CT molecular complexity index is 1400. The van der Waals surface area contributed by atoms with Crippen LogP contribution in [0.25, 0.3) is 0 Å². The van der Waals surface area contributed by atoms with Gasteiger partial charge in [0.25, 0.3) is 5.91 Å². The van der Waals surface area contributed by atoms with Crippen molar-refractivity contribution in [2.75, 3.05) is 19.1 Å². The second kappa shape index (κ2) is 11.1. The first-order chi connectivity index (χ1) is 18.1. The number of rotatable bonds is 8. The van der Waals surface area contributed by atoms with Crippen molar-refractivity contribution in [1.29, 1.82) is 0 Å². The van der Waals surface area contributed by atoms with Crippen molar-refractivity contribution in [1.82, 2.24) is 0 Å². The molecule has 38 heavy (non-hydrogen) atoms. The van der Waals surface area contributed by atoms with Gasteiger partial charge in [0, 0.05) is 23.7 Å². The summed E-state index contributed by atoms with van der Waals surface area (Å²) in [4.78, 5) is 15.2. The Kier molecular flexibility index (Phi) is 7.88. The maximum absolute atomic E-state index is 13.5. The number of aryl methyl sites for hydroxylation is 2. The summed E-state index contributed by atoms with van der Waals surface area (Å²) in [7, 11) is 3.42. The van der Waals surface area contributed by atoms with E-state index >= 15 is 0 Å². The minimum Gasteiger partial charge on any atom is -0.497 e. The zero-order valence-corrected chi connectivity index (χ0v) is 22.9. The monoisotopic (exact) mass is 509 g/mol. The zero-order chi connectivity index (χ0) is 27.4. The number of para-hydroxylation sites is 1. The van der Waals surface area contributed by atoms with Gasteiger partial charge in [-0.3, -0.25) is 4.79 Å². The van der Waals surface area contributed by atoms with E-state index in [4.69, 9.17) is 9.47 Å². The highest BCUT2D eigenvalue weighted by molar-refractivity contribution is 6.07. The number of hydrogen-bond acceptors (Lipinski definition) is 4. The summed E-state index contributed by atoms with van der Waals surface area (Å²) in [5.41, 5.74) is 5.98. The van der Waals surface area contributed by atoms with Gasteiger partial charge in [-0.2, -0.15) is 0 Å². The van der Waals surface area contributed by atoms with Crippen LogP contribution in [-0.2, 0) is 12.0 Å². The summed E-state index contributed by atoms with van der Waals surface area (Å²) in [6.07, 6.45) is 0. The summed E-state index contributed by atoms with van der Waals surface area (Å²) in [5.74, 6) is 1.83. The van der Waals surface area contributed by atoms with E-state index in [0.717, 1.165) is 28.1 Å². The highest BCUT2D eigenvalue weighted by Crippen LogP contribution is 2.34. The summed E-state index contributed by atoms with van der Waals surface area (Å²) in [5, 5.41) is 9.92. The Morgan fingerprint density at radius 3 is 1.87 bits per heavy atom. The lowest BCUT2D eigenvalue weighted by Crippen LogP contribution is -2.28. The van der Waals surface area contributed by atoms with Crippen LogP contribution in [-0.4, -0.2) is 25.2 Å². The van der Waals surface area contributed by atoms with Gasteiger partial charge in [0.1, 0.15) is 17.2 Å². The average Bonchev–Trinajstić information content (AvgIpc) is 2.92. The van der Waals surface area contributed by atoms with Gasteiger partial charge < -0.3 is 19.5 Å². The van der Waals surface area contributed by atoms with Crippen LogP contribution >= 0.6 is 0 Å². The summed E-state index contributed by atoms with van der Waals surface area (Å²) in [6.45, 7) is 8.10. The largest absolute Gasteiger partial charge is 0.497 e. The molecule has 4 aromatic carbocycles. The number of anilines is 1. The molecule has 0 saturated heterocycles. The van der Waals surface area contributed by atoms with E-state index in [9.17, 15) is 9.90 Å². The summed E-state index contributed by atoms with van der Waals surface area (Å²) < 4.78 is 11.4. The van der Waals surface area contributed by atoms with Crippen LogP contribution in [0.4, 0.5) is 5.69 Å². The van der Waals surface area contributed by atoms with Crippen LogP contribution in [0.5, 0.6) is 17.2 Å². The molecule has 0 atom stereocenters. The fraction of sp³-hybridized carbons (Fsp3) is 0.242. The molecule has 1 N–H and O–H groups in total. The van der Waals surface area contributed by atoms with Crippen molar-refractivity contribution < 1.29 is 19.4 Å². The first-order valence-corrected chi connectivity index (χ1v) is 12.7. The number of benzene rings is 4. The van der Waals surface area contributed by atoms with Crippen LogP contribution in [0.2, 0.25) is 0 Å². The van der Waals surface area contributed by atoms with Gasteiger partial charge in [-0.05, 0) is 78.1 Å². The molecule has 5 heteroatoms. The minimum atomic E-state index is -0.239. The predicted molar refractivity (Wildman–Crippen MR) is 153 cm³/mol. The fourth-order valence-corrected chi connectivity index (χ4v) is 4.82. The third-order valence-electron chi connectivity index (χ3n) is 7.19. The first kappa shape index (κ1) is 27.0. The van der Waals surface area contributed by atoms with Crippen molar-refractivity contribution in [3.8, 4) is 17.2 Å². The van der Waals surface area contributed by atoms with Crippen molar-refractivity contribution in [2.45, 2.75) is 39.7 Å². The van der Waals surface area contributed by atoms with Gasteiger partial charge in [0.2, 0.25) is 0 Å². The normalized spacial score (nSPS) is 11.2. The number of amides is 1. The molecule has 0 fully saturated rings. The van der Waals surface area contributed by atoms with Gasteiger partial charge in [0.15, 0.2) is 0 Å². The lowest BCUT2D eigenvalue weighted by molar-refractivity contribution is 0.0989. The molecule has 196 valence electrons. The second-order valence-electron chi connectivity index (χ2n) is 10.1. The molecule has 0 heterocycles. The van der Waals surface area contributed by atoms with E-state index in [0.29, 0.717) is 22.6 Å². The fourth-order valence-electron chi connectivity index (χ4n) is 4.82. The maximum atomic E-state index is 13.5. The number of aliphatic hydroxyl groups is 1. The smallest absolute Gasteiger partial charge is 0.258 e. The topological polar surface area (TPSA) is 59.0 Å². The molecule has 0 saturated carbocycles. The number of hydrogen-bond donors (Lipinski definition) is 1. The first-order valence-electron chi connectivity index (χ1n) is 12.7. The van der Waals surface area contributed by atoms with E-state index in [1.165, 1.54) is 5.56 Å². The molecule has 0 aliphatic carbocycles. The highest BCUT2D eigenvalue weighted by atomic mass is 16.5. The van der Waals surface area contributed by atoms with Gasteiger partial charge in [0.05, 0.1) is 13.7 Å². The lowest BCUT2D eigenvalue weighted by Gasteiger charge is -2.26. The van der Waals surface area contributed by atoms with Crippen molar-refractivity contribution in [3.63, 3.8) is 0 Å². The number of carbonyl (C=O) groups is 1. The SMILES string of the molecule is COc1ccc(C(C)(C)c2ccc(Oc3ccc(CO)c(C(=O)N(C)c4c(C)cccc4C)c3)cc2)cc1. The number of carbonyl (C=O) groups excluding carboxylic acids is 1. The molecule has 0 bridgehead atoms. The van der Waals surface area contributed by atoms with E-state index < -0.39 is 0 Å². The van der Waals surface area contributed by atoms with Crippen molar-refractivity contribution in [2.24, 2.45) is 0 Å². The number of methoxy groups -OCH3 is 1. The molecule has 4 rings (SSSR count). The number of nitrogens with zero attached hydrogens (tertiary/aromatic N) is 1. The molecule has 5 nitrogen and oxygen atoms in total. The molecule has 0 spiro atoms. The van der Waals surface area contributed by atoms with Crippen LogP contribution in [0.3, 0.4) is 0 Å². The minimum absolute atomic E-state index is 0.200. The standard InChI is InChI=1S/C33H35NO4/c1-22-8-7-9-23(2)31(22)34(5)32(36)30-20-29(15-10-24(30)21-35)38-28-18-13-26(14-19-28)33(3,4)25-11-16-27(37-6)17-12-25/h7-20,35H,21H2,1-6H3. The number of aliphatic hydroxyl groups excluding tert-OH is 1. The molecule has 1 amide bonds. The van der Waals surface area contributed by atoms with Crippen LogP contribution in [0, 0.1) is 13.8 Å². The quantitative estimate of drug-likeness (QED) is 0.273. The molecule has 0 aliphatic heterocycles. The molecular formula is C33H35NO4. The maximum Gasteiger partial charge on any atom is 0.258 e. The molecule has 0 radical (unpaired) electrons. The van der Waals surface area contributed by atoms with E-state index in [1.54, 1.807) is 37.3 Å². The molecule has 0 aromatic heterocycles. The zero-order valence-electron chi connectivity index (χ0n) is 22.9. The molecular weight excluding hydrogens is 474 g/mol. The second-order valence-corrected chi connectivity index (χ2v) is 10.1. The number of ether oxygens (including phenoxy) is 2. The predicted octanol–water partition coefficient (Wildman–Crippen LogP) is 7.20. The van der Waals surface area contributed by atoms with E-state index in [2.05, 4.69) is 38.1 Å². The van der Waals surface area contributed by atoms with Gasteiger partial charge >= 0.3 is 0 Å². The Morgan fingerprint density at radius 2 is 1.34 bits per heavy atom. The molecule has 0 unspecified atom stereocenters. The van der Waals surface area contributed by atoms with Gasteiger partial charge in [-0.1, -0.05) is 62.4 Å². The molecule has 0 aliphatic rings. The van der Waals surface area contributed by atoms with Crippen LogP contribution in [0.1, 0.15) is 52.0 Å². The Balaban J connectivity index is 1.57. The average molecular weight is 510 g/mol. The van der Waals surface area contributed by atoms with E-state index in [1.807, 2.05) is 56.3 Å². The van der Waals surface area contributed by atoms with Gasteiger partial charge in [-0.25, -0.2) is 0 Å². The van der Waals surface area contributed by atoms with Gasteiger partial charge in [-0.15, -0.1) is 0 Å². The summed E-state index contributed by atoms with van der Waals surface area (Å²) in [6, 6.07) is 27.3. The highest BCUT2D eigenvalue weighted by Gasteiger charge is 2.24. The van der Waals surface area contributed by atoms with Crippen LogP contribution < -0.4 is 14.4 Å². The Hall–Kier alpha value is -4.09. The summed E-state index contributed by atoms with van der Waals surface area (Å²) >= 11 is 0. The Morgan fingerprint density at radius 1 is 0.816 bits per heavy atom. The van der Waals surface area contributed by atoms with Crippen molar-refractivity contribution >= 4 is 11.6 Å². The third-order valence-corrected chi connectivity index (χ3v) is 7.19. The lowest BCUT2D eigenvalue weighted by atomic mass is 9.78. The van der Waals surface area contributed by atoms with Crippen LogP contribution in [0.15, 0.2) is 84.9 Å². The molecule has 4 aromatic rings. The third kappa shape index (κ3) is 5.43.